The van der Waals surface area contributed by atoms with E-state index in [9.17, 15) is 9.59 Å². The molecule has 2 amide bonds. The normalized spacial score (nSPS) is 11.2. The van der Waals surface area contributed by atoms with Gasteiger partial charge in [0.05, 0.1) is 0 Å². The molecular formula is C28H50N4O2. The number of likely N-dealkylation sites (N-methyl/N-ethyl adjacent to an activating group) is 2. The number of unbranched alkanes of at least 4 members (excludes halogenated alkanes) is 8. The number of amides is 2. The van der Waals surface area contributed by atoms with Gasteiger partial charge in [-0.05, 0) is 58.2 Å². The van der Waals surface area contributed by atoms with Crippen molar-refractivity contribution in [3.63, 3.8) is 0 Å². The highest BCUT2D eigenvalue weighted by Gasteiger charge is 2.11. The lowest BCUT2D eigenvalue weighted by Crippen LogP contribution is -2.34. The zero-order chi connectivity index (χ0) is 25.0. The van der Waals surface area contributed by atoms with Gasteiger partial charge in [0.2, 0.25) is 0 Å². The second-order valence-corrected chi connectivity index (χ2v) is 9.53. The number of rotatable bonds is 20. The van der Waals surface area contributed by atoms with Gasteiger partial charge < -0.3 is 20.4 Å². The van der Waals surface area contributed by atoms with Crippen molar-refractivity contribution in [1.29, 1.82) is 0 Å². The molecule has 1 rings (SSSR count). The van der Waals surface area contributed by atoms with Gasteiger partial charge in [0, 0.05) is 37.3 Å². The zero-order valence-electron chi connectivity index (χ0n) is 22.3. The Bertz CT molecular complexity index is 627. The number of hydrogen-bond acceptors (Lipinski definition) is 4. The monoisotopic (exact) mass is 474 g/mol. The van der Waals surface area contributed by atoms with E-state index in [0.717, 1.165) is 26.2 Å². The summed E-state index contributed by atoms with van der Waals surface area (Å²) in [6.07, 6.45) is 12.7. The maximum absolute atomic E-state index is 12.5. The highest BCUT2D eigenvalue weighted by Crippen LogP contribution is 2.06. The average molecular weight is 475 g/mol. The van der Waals surface area contributed by atoms with Gasteiger partial charge >= 0.3 is 0 Å². The number of nitrogens with one attached hydrogen (secondary N) is 2. The van der Waals surface area contributed by atoms with E-state index in [1.165, 1.54) is 64.2 Å². The summed E-state index contributed by atoms with van der Waals surface area (Å²) >= 11 is 0. The van der Waals surface area contributed by atoms with E-state index < -0.39 is 0 Å². The maximum atomic E-state index is 12.5. The predicted octanol–water partition coefficient (Wildman–Crippen LogP) is 4.95. The molecule has 1 aromatic carbocycles. The second-order valence-electron chi connectivity index (χ2n) is 9.53. The summed E-state index contributed by atoms with van der Waals surface area (Å²) in [4.78, 5) is 29.6. The van der Waals surface area contributed by atoms with Crippen LogP contribution in [-0.2, 0) is 0 Å². The van der Waals surface area contributed by atoms with Gasteiger partial charge in [-0.2, -0.15) is 0 Å². The van der Waals surface area contributed by atoms with Crippen molar-refractivity contribution < 1.29 is 9.59 Å². The van der Waals surface area contributed by atoms with Crippen LogP contribution in [0.1, 0.15) is 98.8 Å². The van der Waals surface area contributed by atoms with Crippen molar-refractivity contribution in [2.45, 2.75) is 78.1 Å². The molecule has 0 saturated carbocycles. The van der Waals surface area contributed by atoms with Gasteiger partial charge in [-0.25, -0.2) is 0 Å². The first-order chi connectivity index (χ1) is 16.5. The molecule has 1 aromatic rings. The fourth-order valence-electron chi connectivity index (χ4n) is 3.92. The Labute approximate surface area is 208 Å². The molecule has 194 valence electrons. The molecule has 0 aromatic heterocycles. The standard InChI is InChI=1S/C28H50N4O2/c1-5-7-9-11-13-20-31(3)22-18-29-27(33)25-16-15-17-26(24-25)28(34)30-19-23-32(4)21-14-12-10-8-6-2/h15-17,24H,5-14,18-23H2,1-4H3,(H,29,33)(H,30,34). The van der Waals surface area contributed by atoms with Crippen LogP contribution in [0.3, 0.4) is 0 Å². The third kappa shape index (κ3) is 14.4. The summed E-state index contributed by atoms with van der Waals surface area (Å²) in [5.41, 5.74) is 1.05. The summed E-state index contributed by atoms with van der Waals surface area (Å²) in [6, 6.07) is 6.97. The topological polar surface area (TPSA) is 64.7 Å². The van der Waals surface area contributed by atoms with Gasteiger partial charge in [0.15, 0.2) is 0 Å². The number of benzene rings is 1. The Kier molecular flexibility index (Phi) is 17.2. The van der Waals surface area contributed by atoms with E-state index in [1.54, 1.807) is 24.3 Å². The minimum absolute atomic E-state index is 0.131. The molecule has 34 heavy (non-hydrogen) atoms. The lowest BCUT2D eigenvalue weighted by molar-refractivity contribution is 0.0949. The minimum atomic E-state index is -0.131. The van der Waals surface area contributed by atoms with Crippen LogP contribution in [0, 0.1) is 0 Å². The third-order valence-corrected chi connectivity index (χ3v) is 6.23. The van der Waals surface area contributed by atoms with Crippen molar-refractivity contribution >= 4 is 11.8 Å². The van der Waals surface area contributed by atoms with E-state index >= 15 is 0 Å². The predicted molar refractivity (Wildman–Crippen MR) is 144 cm³/mol. The Morgan fingerprint density at radius 1 is 0.647 bits per heavy atom. The molecule has 0 saturated heterocycles. The molecule has 0 aliphatic rings. The van der Waals surface area contributed by atoms with Crippen LogP contribution in [0.25, 0.3) is 0 Å². The number of hydrogen-bond donors (Lipinski definition) is 2. The van der Waals surface area contributed by atoms with Crippen LogP contribution in [0.4, 0.5) is 0 Å². The molecule has 0 fully saturated rings. The van der Waals surface area contributed by atoms with Gasteiger partial charge in [-0.1, -0.05) is 71.3 Å². The van der Waals surface area contributed by atoms with Crippen molar-refractivity contribution in [2.75, 3.05) is 53.4 Å². The molecule has 0 heterocycles. The maximum Gasteiger partial charge on any atom is 0.251 e. The highest BCUT2D eigenvalue weighted by atomic mass is 16.2. The van der Waals surface area contributed by atoms with Crippen LogP contribution < -0.4 is 10.6 Å². The second kappa shape index (κ2) is 19.4. The average Bonchev–Trinajstić information content (AvgIpc) is 2.83. The molecule has 0 atom stereocenters. The minimum Gasteiger partial charge on any atom is -0.351 e. The SMILES string of the molecule is CCCCCCCN(C)CCNC(=O)c1cccc(C(=O)NCCN(C)CCCCCCC)c1. The first-order valence-corrected chi connectivity index (χ1v) is 13.5. The Morgan fingerprint density at radius 2 is 1.06 bits per heavy atom. The largest absolute Gasteiger partial charge is 0.351 e. The van der Waals surface area contributed by atoms with Gasteiger partial charge in [0.25, 0.3) is 11.8 Å². The van der Waals surface area contributed by atoms with Crippen molar-refractivity contribution in [3.05, 3.63) is 35.4 Å². The van der Waals surface area contributed by atoms with Crippen LogP contribution >= 0.6 is 0 Å². The fourth-order valence-corrected chi connectivity index (χ4v) is 3.92. The molecule has 6 heteroatoms. The van der Waals surface area contributed by atoms with Gasteiger partial charge in [-0.3, -0.25) is 9.59 Å². The molecule has 0 aliphatic heterocycles. The fraction of sp³-hybridized carbons (Fsp3) is 0.714. The summed E-state index contributed by atoms with van der Waals surface area (Å²) in [7, 11) is 4.20. The lowest BCUT2D eigenvalue weighted by Gasteiger charge is -2.17. The van der Waals surface area contributed by atoms with E-state index in [1.807, 2.05) is 0 Å². The first-order valence-electron chi connectivity index (χ1n) is 13.5. The van der Waals surface area contributed by atoms with Crippen LogP contribution in [0.15, 0.2) is 24.3 Å². The molecule has 0 radical (unpaired) electrons. The summed E-state index contributed by atoms with van der Waals surface area (Å²) in [6.45, 7) is 9.43. The van der Waals surface area contributed by atoms with E-state index in [-0.39, 0.29) is 11.8 Å². The molecule has 2 N–H and O–H groups in total. The Balaban J connectivity index is 2.29. The van der Waals surface area contributed by atoms with Crippen molar-refractivity contribution in [2.24, 2.45) is 0 Å². The third-order valence-electron chi connectivity index (χ3n) is 6.23. The smallest absolute Gasteiger partial charge is 0.251 e. The van der Waals surface area contributed by atoms with Gasteiger partial charge in [0.1, 0.15) is 0 Å². The van der Waals surface area contributed by atoms with Crippen LogP contribution in [0.5, 0.6) is 0 Å². The number of carbonyl (C=O) groups excluding carboxylic acids is 2. The molecule has 0 unspecified atom stereocenters. The highest BCUT2D eigenvalue weighted by molar-refractivity contribution is 5.99. The zero-order valence-corrected chi connectivity index (χ0v) is 22.3. The lowest BCUT2D eigenvalue weighted by atomic mass is 10.1. The van der Waals surface area contributed by atoms with E-state index in [0.29, 0.717) is 24.2 Å². The quantitative estimate of drug-likeness (QED) is 0.263. The molecule has 0 bridgehead atoms. The number of nitrogens with zero attached hydrogens (tertiary/aromatic N) is 2. The van der Waals surface area contributed by atoms with Gasteiger partial charge in [-0.15, -0.1) is 0 Å². The molecule has 0 spiro atoms. The summed E-state index contributed by atoms with van der Waals surface area (Å²) in [5, 5.41) is 5.96. The Hall–Kier alpha value is -1.92. The number of carbonyl (C=O) groups is 2. The summed E-state index contributed by atoms with van der Waals surface area (Å²) < 4.78 is 0. The van der Waals surface area contributed by atoms with E-state index in [2.05, 4.69) is 48.4 Å². The molecule has 6 nitrogen and oxygen atoms in total. The van der Waals surface area contributed by atoms with Crippen molar-refractivity contribution in [3.8, 4) is 0 Å². The summed E-state index contributed by atoms with van der Waals surface area (Å²) in [5.74, 6) is -0.261. The van der Waals surface area contributed by atoms with Crippen LogP contribution in [0.2, 0.25) is 0 Å². The molecule has 0 aliphatic carbocycles. The van der Waals surface area contributed by atoms with E-state index in [4.69, 9.17) is 0 Å². The Morgan fingerprint density at radius 3 is 1.47 bits per heavy atom. The first kappa shape index (κ1) is 30.1. The van der Waals surface area contributed by atoms with Crippen molar-refractivity contribution in [1.82, 2.24) is 20.4 Å². The molecular weight excluding hydrogens is 424 g/mol. The van der Waals surface area contributed by atoms with Crippen LogP contribution in [-0.4, -0.2) is 75.0 Å².